The molecular formula is C16H20Cl2N2. The van der Waals surface area contributed by atoms with E-state index < -0.39 is 0 Å². The number of nitrogens with zero attached hydrogens (tertiary/aromatic N) is 2. The molecule has 1 aromatic heterocycles. The molecule has 2 aromatic rings. The molecule has 1 aromatic carbocycles. The summed E-state index contributed by atoms with van der Waals surface area (Å²) >= 11 is 12.6. The molecule has 4 heteroatoms. The van der Waals surface area contributed by atoms with Crippen molar-refractivity contribution in [2.45, 2.75) is 25.2 Å². The Labute approximate surface area is 130 Å². The van der Waals surface area contributed by atoms with Crippen molar-refractivity contribution in [3.05, 3.63) is 53.3 Å². The Bertz CT molecular complexity index is 559. The Morgan fingerprint density at radius 1 is 1.15 bits per heavy atom. The second kappa shape index (κ2) is 6.64. The lowest BCUT2D eigenvalue weighted by atomic mass is 9.77. The second-order valence-corrected chi connectivity index (χ2v) is 5.84. The predicted molar refractivity (Wildman–Crippen MR) is 85.8 cm³/mol. The van der Waals surface area contributed by atoms with Crippen LogP contribution in [0.15, 0.2) is 36.5 Å². The maximum atomic E-state index is 6.30. The first-order chi connectivity index (χ1) is 9.63. The topological polar surface area (TPSA) is 17.8 Å². The Morgan fingerprint density at radius 3 is 2.40 bits per heavy atom. The van der Waals surface area contributed by atoms with Crippen LogP contribution in [0.2, 0.25) is 0 Å². The van der Waals surface area contributed by atoms with Crippen LogP contribution in [-0.2, 0) is 18.9 Å². The highest BCUT2D eigenvalue weighted by Crippen LogP contribution is 2.34. The summed E-state index contributed by atoms with van der Waals surface area (Å²) in [6.45, 7) is 2.12. The van der Waals surface area contributed by atoms with Gasteiger partial charge in [-0.2, -0.15) is 5.10 Å². The third kappa shape index (κ3) is 3.02. The van der Waals surface area contributed by atoms with Crippen LogP contribution < -0.4 is 0 Å². The standard InChI is InChI=1S/C16H20Cl2N2/c1-13-5-3-4-6-15(13)16(11-17,12-18)9-7-14-8-10-19-20(14)2/h3-6,8,10H,7,9,11-12H2,1-2H3. The van der Waals surface area contributed by atoms with Gasteiger partial charge in [0.2, 0.25) is 0 Å². The van der Waals surface area contributed by atoms with Gasteiger partial charge in [-0.05, 0) is 37.0 Å². The van der Waals surface area contributed by atoms with E-state index in [1.807, 2.05) is 30.1 Å². The largest absolute Gasteiger partial charge is 0.273 e. The third-order valence-electron chi connectivity index (χ3n) is 4.01. The van der Waals surface area contributed by atoms with E-state index in [1.165, 1.54) is 16.8 Å². The Kier molecular flexibility index (Phi) is 5.11. The van der Waals surface area contributed by atoms with E-state index in [4.69, 9.17) is 23.2 Å². The zero-order chi connectivity index (χ0) is 14.6. The molecule has 0 saturated carbocycles. The minimum Gasteiger partial charge on any atom is -0.273 e. The van der Waals surface area contributed by atoms with Crippen molar-refractivity contribution in [2.24, 2.45) is 7.05 Å². The van der Waals surface area contributed by atoms with Gasteiger partial charge in [-0.25, -0.2) is 0 Å². The van der Waals surface area contributed by atoms with Crippen molar-refractivity contribution in [3.63, 3.8) is 0 Å². The minimum absolute atomic E-state index is 0.182. The van der Waals surface area contributed by atoms with Crippen LogP contribution in [0.25, 0.3) is 0 Å². The Balaban J connectivity index is 2.26. The van der Waals surface area contributed by atoms with E-state index in [0.29, 0.717) is 11.8 Å². The quantitative estimate of drug-likeness (QED) is 0.735. The number of rotatable bonds is 6. The fraction of sp³-hybridized carbons (Fsp3) is 0.438. The van der Waals surface area contributed by atoms with Gasteiger partial charge in [0.05, 0.1) is 0 Å². The molecule has 0 unspecified atom stereocenters. The molecule has 1 heterocycles. The summed E-state index contributed by atoms with van der Waals surface area (Å²) in [5.74, 6) is 1.05. The van der Waals surface area contributed by atoms with Gasteiger partial charge in [0.15, 0.2) is 0 Å². The summed E-state index contributed by atoms with van der Waals surface area (Å²) in [6, 6.07) is 10.4. The molecular weight excluding hydrogens is 291 g/mol. The molecule has 0 atom stereocenters. The van der Waals surface area contributed by atoms with Crippen LogP contribution in [0.1, 0.15) is 23.2 Å². The number of alkyl halides is 2. The lowest BCUT2D eigenvalue weighted by molar-refractivity contribution is 0.480. The predicted octanol–water partition coefficient (Wildman–Crippen LogP) is 4.08. The maximum absolute atomic E-state index is 6.30. The molecule has 0 aliphatic rings. The van der Waals surface area contributed by atoms with Gasteiger partial charge in [0.1, 0.15) is 0 Å². The second-order valence-electron chi connectivity index (χ2n) is 5.31. The fourth-order valence-electron chi connectivity index (χ4n) is 2.63. The number of benzene rings is 1. The zero-order valence-corrected chi connectivity index (χ0v) is 13.5. The molecule has 2 rings (SSSR count). The highest BCUT2D eigenvalue weighted by Gasteiger charge is 2.31. The van der Waals surface area contributed by atoms with Crippen molar-refractivity contribution in [3.8, 4) is 0 Å². The molecule has 108 valence electrons. The smallest absolute Gasteiger partial charge is 0.0492 e. The molecule has 0 spiro atoms. The monoisotopic (exact) mass is 310 g/mol. The molecule has 0 amide bonds. The average molecular weight is 311 g/mol. The van der Waals surface area contributed by atoms with Crippen molar-refractivity contribution < 1.29 is 0 Å². The van der Waals surface area contributed by atoms with Gasteiger partial charge in [-0.1, -0.05) is 24.3 Å². The number of halogens is 2. The molecule has 0 fully saturated rings. The zero-order valence-electron chi connectivity index (χ0n) is 11.9. The summed E-state index contributed by atoms with van der Waals surface area (Å²) in [7, 11) is 1.96. The van der Waals surface area contributed by atoms with Gasteiger partial charge < -0.3 is 0 Å². The van der Waals surface area contributed by atoms with E-state index in [1.54, 1.807) is 0 Å². The summed E-state index contributed by atoms with van der Waals surface area (Å²) in [4.78, 5) is 0. The van der Waals surface area contributed by atoms with Crippen molar-refractivity contribution in [1.29, 1.82) is 0 Å². The first-order valence-corrected chi connectivity index (χ1v) is 7.85. The fourth-order valence-corrected chi connectivity index (χ4v) is 3.47. The molecule has 2 nitrogen and oxygen atoms in total. The number of aryl methyl sites for hydroxylation is 3. The van der Waals surface area contributed by atoms with Gasteiger partial charge in [0.25, 0.3) is 0 Å². The molecule has 20 heavy (non-hydrogen) atoms. The molecule has 0 saturated heterocycles. The Hall–Kier alpha value is -0.990. The normalized spacial score (nSPS) is 11.8. The first-order valence-electron chi connectivity index (χ1n) is 6.78. The number of aromatic nitrogens is 2. The lowest BCUT2D eigenvalue weighted by Crippen LogP contribution is -2.32. The molecule has 0 radical (unpaired) electrons. The van der Waals surface area contributed by atoms with Crippen molar-refractivity contribution in [2.75, 3.05) is 11.8 Å². The molecule has 0 N–H and O–H groups in total. The van der Waals surface area contributed by atoms with Gasteiger partial charge in [-0.15, -0.1) is 23.2 Å². The van der Waals surface area contributed by atoms with E-state index in [9.17, 15) is 0 Å². The van der Waals surface area contributed by atoms with Gasteiger partial charge in [0, 0.05) is 36.1 Å². The third-order valence-corrected chi connectivity index (χ3v) is 5.03. The van der Waals surface area contributed by atoms with Crippen LogP contribution in [0.4, 0.5) is 0 Å². The summed E-state index contributed by atoms with van der Waals surface area (Å²) in [5, 5.41) is 4.21. The van der Waals surface area contributed by atoms with Crippen LogP contribution >= 0.6 is 23.2 Å². The minimum atomic E-state index is -0.182. The van der Waals surface area contributed by atoms with Gasteiger partial charge in [-0.3, -0.25) is 4.68 Å². The number of hydrogen-bond donors (Lipinski definition) is 0. The average Bonchev–Trinajstić information content (AvgIpc) is 2.87. The molecule has 0 aliphatic carbocycles. The molecule has 0 aliphatic heterocycles. The summed E-state index contributed by atoms with van der Waals surface area (Å²) < 4.78 is 1.91. The lowest BCUT2D eigenvalue weighted by Gasteiger charge is -2.31. The Morgan fingerprint density at radius 2 is 1.85 bits per heavy atom. The van der Waals surface area contributed by atoms with Crippen LogP contribution in [0.3, 0.4) is 0 Å². The van der Waals surface area contributed by atoms with E-state index in [2.05, 4.69) is 30.2 Å². The van der Waals surface area contributed by atoms with E-state index in [-0.39, 0.29) is 5.41 Å². The van der Waals surface area contributed by atoms with Crippen LogP contribution in [0.5, 0.6) is 0 Å². The van der Waals surface area contributed by atoms with Crippen molar-refractivity contribution >= 4 is 23.2 Å². The van der Waals surface area contributed by atoms with E-state index >= 15 is 0 Å². The maximum Gasteiger partial charge on any atom is 0.0492 e. The van der Waals surface area contributed by atoms with Crippen LogP contribution in [0, 0.1) is 6.92 Å². The summed E-state index contributed by atoms with van der Waals surface area (Å²) in [5.41, 5.74) is 3.53. The highest BCUT2D eigenvalue weighted by atomic mass is 35.5. The van der Waals surface area contributed by atoms with Crippen LogP contribution in [-0.4, -0.2) is 21.5 Å². The highest BCUT2D eigenvalue weighted by molar-refractivity contribution is 6.22. The molecule has 0 bridgehead atoms. The van der Waals surface area contributed by atoms with E-state index in [0.717, 1.165) is 12.8 Å². The van der Waals surface area contributed by atoms with Gasteiger partial charge >= 0.3 is 0 Å². The summed E-state index contributed by atoms with van der Waals surface area (Å²) in [6.07, 6.45) is 3.67. The SMILES string of the molecule is Cc1ccccc1C(CCl)(CCl)CCc1ccnn1C. The number of hydrogen-bond acceptors (Lipinski definition) is 1. The van der Waals surface area contributed by atoms with Crippen molar-refractivity contribution in [1.82, 2.24) is 9.78 Å². The first kappa shape index (κ1) is 15.4.